The minimum Gasteiger partial charge on any atom is -0.481 e. The fraction of sp³-hybridized carbons (Fsp3) is 0.238. The van der Waals surface area contributed by atoms with Gasteiger partial charge >= 0.3 is 6.18 Å². The molecule has 1 fully saturated rings. The second-order valence-corrected chi connectivity index (χ2v) is 6.82. The first-order valence-corrected chi connectivity index (χ1v) is 9.06. The van der Waals surface area contributed by atoms with Gasteiger partial charge in [-0.1, -0.05) is 24.3 Å². The summed E-state index contributed by atoms with van der Waals surface area (Å²) in [7, 11) is 0. The van der Waals surface area contributed by atoms with Gasteiger partial charge in [0.2, 0.25) is 0 Å². The number of nitrogens with one attached hydrogen (secondary N) is 1. The van der Waals surface area contributed by atoms with Gasteiger partial charge in [-0.3, -0.25) is 4.98 Å². The number of anilines is 2. The van der Waals surface area contributed by atoms with Gasteiger partial charge in [0.1, 0.15) is 11.6 Å². The zero-order valence-electron chi connectivity index (χ0n) is 15.2. The maximum absolute atomic E-state index is 13.3. The van der Waals surface area contributed by atoms with Crippen molar-refractivity contribution in [3.8, 4) is 16.9 Å². The normalized spacial score (nSPS) is 13.9. The van der Waals surface area contributed by atoms with Crippen molar-refractivity contribution in [3.63, 3.8) is 0 Å². The summed E-state index contributed by atoms with van der Waals surface area (Å²) in [6.45, 7) is -1.45. The molecule has 0 unspecified atom stereocenters. The molecule has 0 atom stereocenters. The molecule has 1 aromatic heterocycles. The highest BCUT2D eigenvalue weighted by molar-refractivity contribution is 5.80. The van der Waals surface area contributed by atoms with E-state index in [4.69, 9.17) is 4.74 Å². The van der Waals surface area contributed by atoms with Crippen molar-refractivity contribution < 1.29 is 22.3 Å². The quantitative estimate of drug-likeness (QED) is 0.525. The van der Waals surface area contributed by atoms with Gasteiger partial charge in [-0.05, 0) is 36.6 Å². The average Bonchev–Trinajstić information content (AvgIpc) is 3.53. The maximum atomic E-state index is 13.3. The van der Waals surface area contributed by atoms with E-state index < -0.39 is 18.6 Å². The van der Waals surface area contributed by atoms with Gasteiger partial charge in [-0.25, -0.2) is 9.37 Å². The van der Waals surface area contributed by atoms with Crippen LogP contribution < -0.4 is 10.1 Å². The summed E-state index contributed by atoms with van der Waals surface area (Å²) in [5, 5.41) is 2.98. The summed E-state index contributed by atoms with van der Waals surface area (Å²) >= 11 is 0. The van der Waals surface area contributed by atoms with Crippen molar-refractivity contribution in [2.24, 2.45) is 0 Å². The number of benzene rings is 2. The van der Waals surface area contributed by atoms with Crippen LogP contribution in [0.3, 0.4) is 0 Å². The summed E-state index contributed by atoms with van der Waals surface area (Å²) in [5.41, 5.74) is 2.15. The molecule has 29 heavy (non-hydrogen) atoms. The molecule has 0 radical (unpaired) electrons. The topological polar surface area (TPSA) is 47.0 Å². The first-order valence-electron chi connectivity index (χ1n) is 9.06. The maximum Gasteiger partial charge on any atom is 0.422 e. The molecule has 4 rings (SSSR count). The number of hydrogen-bond donors (Lipinski definition) is 1. The second kappa shape index (κ2) is 7.69. The summed E-state index contributed by atoms with van der Waals surface area (Å²) in [6, 6.07) is 10.3. The Balaban J connectivity index is 1.67. The molecule has 0 aliphatic heterocycles. The Morgan fingerprint density at radius 1 is 1.00 bits per heavy atom. The van der Waals surface area contributed by atoms with Crippen LogP contribution in [0.1, 0.15) is 24.5 Å². The Morgan fingerprint density at radius 3 is 2.38 bits per heavy atom. The predicted molar refractivity (Wildman–Crippen MR) is 101 cm³/mol. The zero-order valence-corrected chi connectivity index (χ0v) is 15.2. The minimum atomic E-state index is -4.50. The number of aromatic nitrogens is 2. The molecule has 0 spiro atoms. The van der Waals surface area contributed by atoms with Crippen LogP contribution in [0.4, 0.5) is 29.1 Å². The van der Waals surface area contributed by atoms with Crippen LogP contribution >= 0.6 is 0 Å². The fourth-order valence-electron chi connectivity index (χ4n) is 2.93. The SMILES string of the molecule is Fc1ccc(-c2cccc(Nc3cnc(C4CC4)cn3)c2OCC(F)(F)F)cc1. The van der Waals surface area contributed by atoms with Crippen molar-refractivity contribution in [1.82, 2.24) is 9.97 Å². The third-order valence-electron chi connectivity index (χ3n) is 4.48. The van der Waals surface area contributed by atoms with E-state index in [1.807, 2.05) is 0 Å². The zero-order chi connectivity index (χ0) is 20.4. The van der Waals surface area contributed by atoms with Crippen LogP contribution in [-0.4, -0.2) is 22.8 Å². The smallest absolute Gasteiger partial charge is 0.422 e. The number of para-hydroxylation sites is 1. The van der Waals surface area contributed by atoms with Crippen molar-refractivity contribution in [3.05, 3.63) is 66.4 Å². The molecule has 1 aliphatic carbocycles. The van der Waals surface area contributed by atoms with Crippen LogP contribution in [0.25, 0.3) is 11.1 Å². The Bertz CT molecular complexity index is 984. The molecule has 1 heterocycles. The van der Waals surface area contributed by atoms with Gasteiger partial charge in [-0.15, -0.1) is 0 Å². The van der Waals surface area contributed by atoms with Crippen molar-refractivity contribution in [2.75, 3.05) is 11.9 Å². The van der Waals surface area contributed by atoms with Crippen LogP contribution in [0.5, 0.6) is 5.75 Å². The summed E-state index contributed by atoms with van der Waals surface area (Å²) in [4.78, 5) is 8.65. The summed E-state index contributed by atoms with van der Waals surface area (Å²) in [6.07, 6.45) is 0.901. The Hall–Kier alpha value is -3.16. The molecule has 0 bridgehead atoms. The highest BCUT2D eigenvalue weighted by Crippen LogP contribution is 2.40. The van der Waals surface area contributed by atoms with E-state index >= 15 is 0 Å². The lowest BCUT2D eigenvalue weighted by molar-refractivity contribution is -0.153. The lowest BCUT2D eigenvalue weighted by Gasteiger charge is -2.18. The number of ether oxygens (including phenoxy) is 1. The van der Waals surface area contributed by atoms with Crippen molar-refractivity contribution >= 4 is 11.5 Å². The second-order valence-electron chi connectivity index (χ2n) is 6.82. The third kappa shape index (κ3) is 4.82. The van der Waals surface area contributed by atoms with Gasteiger partial charge in [0.15, 0.2) is 12.4 Å². The fourth-order valence-corrected chi connectivity index (χ4v) is 2.93. The third-order valence-corrected chi connectivity index (χ3v) is 4.48. The molecule has 2 aromatic carbocycles. The van der Waals surface area contributed by atoms with Gasteiger partial charge < -0.3 is 10.1 Å². The van der Waals surface area contributed by atoms with E-state index in [1.165, 1.54) is 24.3 Å². The van der Waals surface area contributed by atoms with Crippen LogP contribution in [0.15, 0.2) is 54.9 Å². The molecule has 0 amide bonds. The average molecular weight is 403 g/mol. The molecular formula is C21H17F4N3O. The van der Waals surface area contributed by atoms with Gasteiger partial charge in [0.25, 0.3) is 0 Å². The van der Waals surface area contributed by atoms with Crippen LogP contribution in [0.2, 0.25) is 0 Å². The Kier molecular flexibility index (Phi) is 5.08. The van der Waals surface area contributed by atoms with E-state index in [2.05, 4.69) is 15.3 Å². The lowest BCUT2D eigenvalue weighted by atomic mass is 10.0. The lowest BCUT2D eigenvalue weighted by Crippen LogP contribution is -2.20. The van der Waals surface area contributed by atoms with Crippen molar-refractivity contribution in [2.45, 2.75) is 24.9 Å². The monoisotopic (exact) mass is 403 g/mol. The molecule has 1 saturated carbocycles. The molecular weight excluding hydrogens is 386 g/mol. The number of halogens is 4. The molecule has 8 heteroatoms. The van der Waals surface area contributed by atoms with E-state index in [-0.39, 0.29) is 5.75 Å². The van der Waals surface area contributed by atoms with E-state index in [1.54, 1.807) is 30.6 Å². The molecule has 150 valence electrons. The molecule has 3 aromatic rings. The van der Waals surface area contributed by atoms with E-state index in [0.717, 1.165) is 18.5 Å². The van der Waals surface area contributed by atoms with E-state index in [9.17, 15) is 17.6 Å². The number of hydrogen-bond acceptors (Lipinski definition) is 4. The number of rotatable bonds is 6. The summed E-state index contributed by atoms with van der Waals surface area (Å²) in [5.74, 6) is 0.405. The van der Waals surface area contributed by atoms with Crippen molar-refractivity contribution in [1.29, 1.82) is 0 Å². The number of alkyl halides is 3. The van der Waals surface area contributed by atoms with Crippen LogP contribution in [-0.2, 0) is 0 Å². The standard InChI is InChI=1S/C21H17F4N3O/c22-15-8-6-13(7-9-15)16-2-1-3-17(20(16)29-12-21(23,24)25)28-19-11-26-18(10-27-19)14-4-5-14/h1-3,6-11,14H,4-5,12H2,(H,27,28). The van der Waals surface area contributed by atoms with Crippen LogP contribution in [0, 0.1) is 5.82 Å². The summed E-state index contributed by atoms with van der Waals surface area (Å²) < 4.78 is 56.8. The highest BCUT2D eigenvalue weighted by atomic mass is 19.4. The molecule has 1 N–H and O–H groups in total. The largest absolute Gasteiger partial charge is 0.481 e. The minimum absolute atomic E-state index is 0.00417. The molecule has 0 saturated heterocycles. The Labute approximate surface area is 164 Å². The number of nitrogens with zero attached hydrogens (tertiary/aromatic N) is 2. The van der Waals surface area contributed by atoms with Gasteiger partial charge in [-0.2, -0.15) is 13.2 Å². The first kappa shape index (κ1) is 19.2. The van der Waals surface area contributed by atoms with E-state index in [0.29, 0.717) is 28.6 Å². The molecule has 1 aliphatic rings. The van der Waals surface area contributed by atoms with Gasteiger partial charge in [0, 0.05) is 11.5 Å². The predicted octanol–water partition coefficient (Wildman–Crippen LogP) is 5.84. The highest BCUT2D eigenvalue weighted by Gasteiger charge is 2.30. The molecule has 4 nitrogen and oxygen atoms in total. The first-order chi connectivity index (χ1) is 13.9. The Morgan fingerprint density at radius 2 is 1.76 bits per heavy atom. The van der Waals surface area contributed by atoms with Gasteiger partial charge in [0.05, 0.1) is 23.8 Å².